The molecule has 0 aliphatic rings. The molecule has 0 fully saturated rings. The lowest BCUT2D eigenvalue weighted by Crippen LogP contribution is -2.06. The average Bonchev–Trinajstić information content (AvgIpc) is 3.37. The monoisotopic (exact) mass is 382 g/mol. The van der Waals surface area contributed by atoms with Crippen molar-refractivity contribution in [2.75, 3.05) is 0 Å². The van der Waals surface area contributed by atoms with Crippen LogP contribution in [0.1, 0.15) is 15.6 Å². The highest BCUT2D eigenvalue weighted by molar-refractivity contribution is 7.21. The number of benzene rings is 1. The SMILES string of the molecule is Cc1nc(-c2ccc(OC(=O)c3cc4c(nc5sccn54)s3)cc2)no1. The van der Waals surface area contributed by atoms with Gasteiger partial charge in [0.1, 0.15) is 15.5 Å². The first-order valence-corrected chi connectivity index (χ1v) is 9.35. The Morgan fingerprint density at radius 3 is 2.85 bits per heavy atom. The summed E-state index contributed by atoms with van der Waals surface area (Å²) in [6, 6.07) is 8.78. The smallest absolute Gasteiger partial charge is 0.353 e. The first-order chi connectivity index (χ1) is 12.7. The number of aromatic nitrogens is 4. The van der Waals surface area contributed by atoms with Crippen molar-refractivity contribution in [2.24, 2.45) is 0 Å². The maximum absolute atomic E-state index is 12.4. The molecular formula is C17H10N4O3S2. The van der Waals surface area contributed by atoms with Crippen molar-refractivity contribution in [3.63, 3.8) is 0 Å². The molecule has 0 saturated carbocycles. The second-order valence-corrected chi connectivity index (χ2v) is 7.42. The van der Waals surface area contributed by atoms with Gasteiger partial charge in [-0.25, -0.2) is 9.78 Å². The molecule has 9 heteroatoms. The van der Waals surface area contributed by atoms with E-state index in [1.165, 1.54) is 11.3 Å². The van der Waals surface area contributed by atoms with Gasteiger partial charge in [0, 0.05) is 24.1 Å². The van der Waals surface area contributed by atoms with Crippen LogP contribution >= 0.6 is 22.7 Å². The number of thiophene rings is 1. The lowest BCUT2D eigenvalue weighted by atomic mass is 10.2. The Morgan fingerprint density at radius 1 is 1.23 bits per heavy atom. The molecule has 4 heterocycles. The van der Waals surface area contributed by atoms with Gasteiger partial charge in [-0.1, -0.05) is 5.16 Å². The van der Waals surface area contributed by atoms with E-state index in [1.807, 2.05) is 22.0 Å². The maximum Gasteiger partial charge on any atom is 0.353 e. The van der Waals surface area contributed by atoms with Crippen molar-refractivity contribution in [1.29, 1.82) is 0 Å². The Morgan fingerprint density at radius 2 is 2.08 bits per heavy atom. The van der Waals surface area contributed by atoms with Crippen LogP contribution in [0.15, 0.2) is 46.4 Å². The number of hydrogen-bond acceptors (Lipinski definition) is 8. The molecule has 0 N–H and O–H groups in total. The number of imidazole rings is 1. The molecule has 0 bridgehead atoms. The summed E-state index contributed by atoms with van der Waals surface area (Å²) in [5.74, 6) is 1.05. The zero-order valence-corrected chi connectivity index (χ0v) is 15.0. The zero-order chi connectivity index (χ0) is 17.7. The highest BCUT2D eigenvalue weighted by Crippen LogP contribution is 2.29. The predicted octanol–water partition coefficient (Wildman–Crippen LogP) is 4.19. The van der Waals surface area contributed by atoms with Gasteiger partial charge in [0.05, 0.1) is 5.52 Å². The molecule has 0 unspecified atom stereocenters. The highest BCUT2D eigenvalue weighted by atomic mass is 32.1. The summed E-state index contributed by atoms with van der Waals surface area (Å²) < 4.78 is 12.4. The summed E-state index contributed by atoms with van der Waals surface area (Å²) in [6.07, 6.45) is 1.94. The second-order valence-electron chi connectivity index (χ2n) is 5.52. The van der Waals surface area contributed by atoms with E-state index in [1.54, 1.807) is 42.5 Å². The minimum Gasteiger partial charge on any atom is -0.422 e. The topological polar surface area (TPSA) is 82.5 Å². The molecule has 5 rings (SSSR count). The van der Waals surface area contributed by atoms with Crippen molar-refractivity contribution in [1.82, 2.24) is 19.5 Å². The molecule has 4 aromatic heterocycles. The molecular weight excluding hydrogens is 372 g/mol. The summed E-state index contributed by atoms with van der Waals surface area (Å²) in [7, 11) is 0. The molecule has 0 amide bonds. The molecule has 7 nitrogen and oxygen atoms in total. The normalized spacial score (nSPS) is 11.4. The number of hydrogen-bond donors (Lipinski definition) is 0. The van der Waals surface area contributed by atoms with Crippen LogP contribution < -0.4 is 4.74 Å². The second kappa shape index (κ2) is 5.75. The molecule has 1 aromatic carbocycles. The van der Waals surface area contributed by atoms with Gasteiger partial charge in [0.15, 0.2) is 4.96 Å². The molecule has 0 radical (unpaired) electrons. The average molecular weight is 382 g/mol. The van der Waals surface area contributed by atoms with Gasteiger partial charge in [-0.3, -0.25) is 4.40 Å². The molecule has 26 heavy (non-hydrogen) atoms. The molecule has 128 valence electrons. The van der Waals surface area contributed by atoms with E-state index < -0.39 is 5.97 Å². The standard InChI is InChI=1S/C17H10N4O3S2/c1-9-18-14(20-24-9)10-2-4-11(5-3-10)23-16(22)13-8-12-15(26-13)19-17-21(12)6-7-25-17/h2-8H,1H3. The van der Waals surface area contributed by atoms with Crippen LogP contribution in [-0.2, 0) is 0 Å². The van der Waals surface area contributed by atoms with Gasteiger partial charge in [-0.15, -0.1) is 22.7 Å². The summed E-state index contributed by atoms with van der Waals surface area (Å²) in [5.41, 5.74) is 1.71. The number of carbonyl (C=O) groups excluding carboxylic acids is 1. The van der Waals surface area contributed by atoms with Gasteiger partial charge in [0.2, 0.25) is 11.7 Å². The van der Waals surface area contributed by atoms with Crippen LogP contribution in [0, 0.1) is 6.92 Å². The van der Waals surface area contributed by atoms with E-state index in [9.17, 15) is 4.79 Å². The molecule has 0 aliphatic carbocycles. The van der Waals surface area contributed by atoms with Gasteiger partial charge in [-0.05, 0) is 30.3 Å². The maximum atomic E-state index is 12.4. The molecule has 0 aliphatic heterocycles. The fraction of sp³-hybridized carbons (Fsp3) is 0.0588. The van der Waals surface area contributed by atoms with E-state index in [0.717, 1.165) is 20.9 Å². The third kappa shape index (κ3) is 2.49. The van der Waals surface area contributed by atoms with Gasteiger partial charge in [0.25, 0.3) is 0 Å². The molecule has 0 spiro atoms. The highest BCUT2D eigenvalue weighted by Gasteiger charge is 2.17. The minimum absolute atomic E-state index is 0.403. The zero-order valence-electron chi connectivity index (χ0n) is 13.4. The van der Waals surface area contributed by atoms with Gasteiger partial charge < -0.3 is 9.26 Å². The predicted molar refractivity (Wildman–Crippen MR) is 97.9 cm³/mol. The summed E-state index contributed by atoms with van der Waals surface area (Å²) in [6.45, 7) is 1.73. The van der Waals surface area contributed by atoms with Crippen LogP contribution in [0.4, 0.5) is 0 Å². The fourth-order valence-corrected chi connectivity index (χ4v) is 4.27. The van der Waals surface area contributed by atoms with E-state index in [4.69, 9.17) is 9.26 Å². The number of thiazole rings is 1. The van der Waals surface area contributed by atoms with Crippen LogP contribution in [-0.4, -0.2) is 25.5 Å². The van der Waals surface area contributed by atoms with Crippen LogP contribution in [0.25, 0.3) is 26.7 Å². The van der Waals surface area contributed by atoms with Crippen molar-refractivity contribution in [2.45, 2.75) is 6.92 Å². The third-order valence-corrected chi connectivity index (χ3v) is 5.55. The summed E-state index contributed by atoms with van der Waals surface area (Å²) in [4.78, 5) is 23.4. The Kier molecular flexibility index (Phi) is 3.37. The van der Waals surface area contributed by atoms with E-state index in [0.29, 0.717) is 22.3 Å². The van der Waals surface area contributed by atoms with Crippen molar-refractivity contribution < 1.29 is 14.1 Å². The number of nitrogens with zero attached hydrogens (tertiary/aromatic N) is 4. The Balaban J connectivity index is 1.38. The minimum atomic E-state index is -0.403. The van der Waals surface area contributed by atoms with Crippen LogP contribution in [0.3, 0.4) is 0 Å². The van der Waals surface area contributed by atoms with Gasteiger partial charge in [-0.2, -0.15) is 4.98 Å². The largest absolute Gasteiger partial charge is 0.422 e. The molecule has 5 aromatic rings. The molecule has 0 saturated heterocycles. The quantitative estimate of drug-likeness (QED) is 0.344. The number of carbonyl (C=O) groups is 1. The Bertz CT molecular complexity index is 1250. The third-order valence-electron chi connectivity index (χ3n) is 3.79. The van der Waals surface area contributed by atoms with Crippen LogP contribution in [0.5, 0.6) is 5.75 Å². The number of aryl methyl sites for hydroxylation is 1. The first-order valence-electron chi connectivity index (χ1n) is 7.65. The van der Waals surface area contributed by atoms with Crippen molar-refractivity contribution in [3.05, 3.63) is 52.7 Å². The summed E-state index contributed by atoms with van der Waals surface area (Å²) in [5, 5.41) is 5.82. The van der Waals surface area contributed by atoms with E-state index >= 15 is 0 Å². The van der Waals surface area contributed by atoms with Crippen molar-refractivity contribution in [3.8, 4) is 17.1 Å². The lowest BCUT2D eigenvalue weighted by molar-refractivity contribution is 0.0740. The Hall–Kier alpha value is -3.04. The number of fused-ring (bicyclic) bond motifs is 3. The van der Waals surface area contributed by atoms with Gasteiger partial charge >= 0.3 is 5.97 Å². The number of rotatable bonds is 3. The van der Waals surface area contributed by atoms with Crippen LogP contribution in [0.2, 0.25) is 0 Å². The summed E-state index contributed by atoms with van der Waals surface area (Å²) >= 11 is 2.89. The van der Waals surface area contributed by atoms with Crippen molar-refractivity contribution >= 4 is 44.0 Å². The first kappa shape index (κ1) is 15.2. The number of esters is 1. The number of ether oxygens (including phenoxy) is 1. The van der Waals surface area contributed by atoms with E-state index in [2.05, 4.69) is 15.1 Å². The van der Waals surface area contributed by atoms with E-state index in [-0.39, 0.29) is 0 Å². The molecule has 0 atom stereocenters. The fourth-order valence-electron chi connectivity index (χ4n) is 2.59. The Labute approximate surface area is 154 Å². The lowest BCUT2D eigenvalue weighted by Gasteiger charge is -2.03.